The minimum absolute atomic E-state index is 0.125. The van der Waals surface area contributed by atoms with Crippen LogP contribution in [0.25, 0.3) is 0 Å². The first-order valence-corrected chi connectivity index (χ1v) is 7.85. The van der Waals surface area contributed by atoms with E-state index in [1.54, 1.807) is 18.2 Å². The van der Waals surface area contributed by atoms with Crippen molar-refractivity contribution in [1.82, 2.24) is 9.62 Å². The van der Waals surface area contributed by atoms with Crippen LogP contribution in [0.1, 0.15) is 18.5 Å². The lowest BCUT2D eigenvalue weighted by Crippen LogP contribution is -2.40. The van der Waals surface area contributed by atoms with Crippen molar-refractivity contribution in [2.24, 2.45) is 0 Å². The zero-order valence-corrected chi connectivity index (χ0v) is 12.1. The average Bonchev–Trinajstić information content (AvgIpc) is 2.47. The molecule has 1 atom stereocenters. The van der Waals surface area contributed by atoms with E-state index in [0.29, 0.717) is 31.2 Å². The van der Waals surface area contributed by atoms with Gasteiger partial charge in [-0.25, -0.2) is 8.42 Å². The van der Waals surface area contributed by atoms with E-state index in [0.717, 1.165) is 5.56 Å². The molecule has 2 rings (SSSR count). The van der Waals surface area contributed by atoms with E-state index >= 15 is 0 Å². The van der Waals surface area contributed by atoms with Gasteiger partial charge in [0.15, 0.2) is 0 Å². The predicted molar refractivity (Wildman–Crippen MR) is 73.5 cm³/mol. The molecular weight excluding hydrogens is 264 g/mol. The van der Waals surface area contributed by atoms with Crippen LogP contribution in [0.4, 0.5) is 0 Å². The second-order valence-corrected chi connectivity index (χ2v) is 6.54. The van der Waals surface area contributed by atoms with E-state index in [1.807, 2.05) is 20.0 Å². The number of benzene rings is 1. The lowest BCUT2D eigenvalue weighted by atomic mass is 10.1. The van der Waals surface area contributed by atoms with Crippen LogP contribution in [-0.4, -0.2) is 46.1 Å². The molecule has 1 N–H and O–H groups in total. The fourth-order valence-electron chi connectivity index (χ4n) is 2.05. The highest BCUT2D eigenvalue weighted by Crippen LogP contribution is 2.21. The highest BCUT2D eigenvalue weighted by molar-refractivity contribution is 7.89. The average molecular weight is 284 g/mol. The van der Waals surface area contributed by atoms with Gasteiger partial charge in [-0.1, -0.05) is 12.1 Å². The Kier molecular flexibility index (Phi) is 4.57. The topological polar surface area (TPSA) is 58.6 Å². The Hall–Kier alpha value is -0.950. The molecule has 1 aliphatic rings. The maximum Gasteiger partial charge on any atom is 0.243 e. The Morgan fingerprint density at radius 2 is 2.00 bits per heavy atom. The van der Waals surface area contributed by atoms with Crippen LogP contribution < -0.4 is 5.32 Å². The van der Waals surface area contributed by atoms with Gasteiger partial charge >= 0.3 is 0 Å². The van der Waals surface area contributed by atoms with Gasteiger partial charge in [-0.2, -0.15) is 4.31 Å². The molecule has 0 spiro atoms. The quantitative estimate of drug-likeness (QED) is 0.896. The second kappa shape index (κ2) is 6.00. The first-order valence-electron chi connectivity index (χ1n) is 6.41. The van der Waals surface area contributed by atoms with Crippen molar-refractivity contribution in [3.8, 4) is 0 Å². The fourth-order valence-corrected chi connectivity index (χ4v) is 3.51. The lowest BCUT2D eigenvalue weighted by Gasteiger charge is -2.26. The maximum absolute atomic E-state index is 12.5. The third-order valence-corrected chi connectivity index (χ3v) is 5.29. The summed E-state index contributed by atoms with van der Waals surface area (Å²) in [5, 5.41) is 3.11. The Morgan fingerprint density at radius 1 is 1.32 bits per heavy atom. The standard InChI is InChI=1S/C13H20N2O3S/c1-11(14-2)12-4-3-5-13(10-12)19(16,17)15-6-8-18-9-7-15/h3-5,10-11,14H,6-9H2,1-2H3. The van der Waals surface area contributed by atoms with E-state index in [9.17, 15) is 8.42 Å². The van der Waals surface area contributed by atoms with Crippen molar-refractivity contribution in [1.29, 1.82) is 0 Å². The molecule has 1 saturated heterocycles. The zero-order valence-electron chi connectivity index (χ0n) is 11.3. The van der Waals surface area contributed by atoms with Crippen LogP contribution in [-0.2, 0) is 14.8 Å². The van der Waals surface area contributed by atoms with E-state index in [1.165, 1.54) is 4.31 Å². The van der Waals surface area contributed by atoms with Crippen molar-refractivity contribution >= 4 is 10.0 Å². The number of ether oxygens (including phenoxy) is 1. The van der Waals surface area contributed by atoms with Gasteiger partial charge in [-0.3, -0.25) is 0 Å². The monoisotopic (exact) mass is 284 g/mol. The van der Waals surface area contributed by atoms with Crippen LogP contribution >= 0.6 is 0 Å². The van der Waals surface area contributed by atoms with Gasteiger partial charge in [0, 0.05) is 19.1 Å². The molecule has 0 saturated carbocycles. The molecule has 1 unspecified atom stereocenters. The van der Waals surface area contributed by atoms with Crippen molar-refractivity contribution < 1.29 is 13.2 Å². The summed E-state index contributed by atoms with van der Waals surface area (Å²) in [5.41, 5.74) is 0.969. The van der Waals surface area contributed by atoms with E-state index in [-0.39, 0.29) is 6.04 Å². The van der Waals surface area contributed by atoms with Gasteiger partial charge in [0.2, 0.25) is 10.0 Å². The molecule has 1 aliphatic heterocycles. The molecular formula is C13H20N2O3S. The van der Waals surface area contributed by atoms with Crippen LogP contribution in [0.3, 0.4) is 0 Å². The van der Waals surface area contributed by atoms with Gasteiger partial charge in [0.25, 0.3) is 0 Å². The number of rotatable bonds is 4. The summed E-state index contributed by atoms with van der Waals surface area (Å²) in [7, 11) is -1.55. The Morgan fingerprint density at radius 3 is 2.63 bits per heavy atom. The van der Waals surface area contributed by atoms with Crippen LogP contribution in [0, 0.1) is 0 Å². The highest BCUT2D eigenvalue weighted by atomic mass is 32.2. The summed E-state index contributed by atoms with van der Waals surface area (Å²) < 4.78 is 31.7. The summed E-state index contributed by atoms with van der Waals surface area (Å²) >= 11 is 0. The number of sulfonamides is 1. The summed E-state index contributed by atoms with van der Waals surface area (Å²) in [6.45, 7) is 3.78. The van der Waals surface area contributed by atoms with Crippen LogP contribution in [0.5, 0.6) is 0 Å². The number of hydrogen-bond donors (Lipinski definition) is 1. The normalized spacial score (nSPS) is 19.3. The van der Waals surface area contributed by atoms with Crippen LogP contribution in [0.2, 0.25) is 0 Å². The van der Waals surface area contributed by atoms with Gasteiger partial charge in [0.05, 0.1) is 18.1 Å². The molecule has 1 aromatic carbocycles. The van der Waals surface area contributed by atoms with Crippen molar-refractivity contribution in [2.75, 3.05) is 33.4 Å². The number of nitrogens with one attached hydrogen (secondary N) is 1. The van der Waals surface area contributed by atoms with Gasteiger partial charge in [0.1, 0.15) is 0 Å². The Bertz CT molecular complexity index is 524. The fraction of sp³-hybridized carbons (Fsp3) is 0.538. The number of morpholine rings is 1. The molecule has 106 valence electrons. The molecule has 0 amide bonds. The third-order valence-electron chi connectivity index (χ3n) is 3.40. The molecule has 0 radical (unpaired) electrons. The Labute approximate surface area is 114 Å². The molecule has 5 nitrogen and oxygen atoms in total. The van der Waals surface area contributed by atoms with Gasteiger partial charge in [-0.15, -0.1) is 0 Å². The Balaban J connectivity index is 2.29. The van der Waals surface area contributed by atoms with Gasteiger partial charge < -0.3 is 10.1 Å². The van der Waals surface area contributed by atoms with E-state index in [2.05, 4.69) is 5.32 Å². The second-order valence-electron chi connectivity index (χ2n) is 4.60. The van der Waals surface area contributed by atoms with Crippen molar-refractivity contribution in [3.63, 3.8) is 0 Å². The molecule has 1 heterocycles. The van der Waals surface area contributed by atoms with Crippen molar-refractivity contribution in [2.45, 2.75) is 17.9 Å². The first kappa shape index (κ1) is 14.5. The van der Waals surface area contributed by atoms with Crippen LogP contribution in [0.15, 0.2) is 29.2 Å². The summed E-state index contributed by atoms with van der Waals surface area (Å²) in [6, 6.07) is 7.23. The van der Waals surface area contributed by atoms with E-state index < -0.39 is 10.0 Å². The molecule has 6 heteroatoms. The molecule has 1 aromatic rings. The minimum Gasteiger partial charge on any atom is -0.379 e. The van der Waals surface area contributed by atoms with Gasteiger partial charge in [-0.05, 0) is 31.7 Å². The molecule has 0 aliphatic carbocycles. The zero-order chi connectivity index (χ0) is 13.9. The highest BCUT2D eigenvalue weighted by Gasteiger charge is 2.26. The number of hydrogen-bond acceptors (Lipinski definition) is 4. The summed E-state index contributed by atoms with van der Waals surface area (Å²) in [4.78, 5) is 0.356. The number of nitrogens with zero attached hydrogens (tertiary/aromatic N) is 1. The maximum atomic E-state index is 12.5. The van der Waals surface area contributed by atoms with E-state index in [4.69, 9.17) is 4.74 Å². The SMILES string of the molecule is CNC(C)c1cccc(S(=O)(=O)N2CCOCC2)c1. The largest absolute Gasteiger partial charge is 0.379 e. The molecule has 0 bridgehead atoms. The first-order chi connectivity index (χ1) is 9.05. The summed E-state index contributed by atoms with van der Waals surface area (Å²) in [6.07, 6.45) is 0. The third kappa shape index (κ3) is 3.14. The lowest BCUT2D eigenvalue weighted by molar-refractivity contribution is 0.0730. The molecule has 0 aromatic heterocycles. The molecule has 19 heavy (non-hydrogen) atoms. The minimum atomic E-state index is -3.40. The summed E-state index contributed by atoms with van der Waals surface area (Å²) in [5.74, 6) is 0. The smallest absolute Gasteiger partial charge is 0.243 e. The van der Waals surface area contributed by atoms with Crippen molar-refractivity contribution in [3.05, 3.63) is 29.8 Å². The molecule has 1 fully saturated rings. The predicted octanol–water partition coefficient (Wildman–Crippen LogP) is 0.988.